The average Bonchev–Trinajstić information content (AvgIpc) is 3.00. The number of anilines is 2. The highest BCUT2D eigenvalue weighted by Gasteiger charge is 2.36. The largest absolute Gasteiger partial charge is 0.495 e. The Bertz CT molecular complexity index is 872. The van der Waals surface area contributed by atoms with E-state index >= 15 is 0 Å². The molecule has 2 aromatic carbocycles. The van der Waals surface area contributed by atoms with Crippen molar-refractivity contribution in [1.82, 2.24) is 0 Å². The van der Waals surface area contributed by atoms with E-state index in [1.165, 1.54) is 24.1 Å². The van der Waals surface area contributed by atoms with E-state index < -0.39 is 11.7 Å². The molecule has 1 heterocycles. The highest BCUT2D eigenvalue weighted by atomic mass is 35.5. The number of benzene rings is 2. The molecule has 3 rings (SSSR count). The second kappa shape index (κ2) is 7.33. The van der Waals surface area contributed by atoms with Crippen molar-refractivity contribution in [2.45, 2.75) is 13.3 Å². The van der Waals surface area contributed by atoms with E-state index in [0.717, 1.165) is 5.56 Å². The summed E-state index contributed by atoms with van der Waals surface area (Å²) in [5.41, 5.74) is 1.68. The van der Waals surface area contributed by atoms with Crippen LogP contribution in [-0.4, -0.2) is 25.5 Å². The van der Waals surface area contributed by atoms with Gasteiger partial charge < -0.3 is 15.0 Å². The third-order valence-corrected chi connectivity index (χ3v) is 4.62. The first-order chi connectivity index (χ1) is 12.4. The number of nitrogens with zero attached hydrogens (tertiary/aromatic N) is 1. The van der Waals surface area contributed by atoms with Crippen LogP contribution in [0.25, 0.3) is 0 Å². The van der Waals surface area contributed by atoms with Gasteiger partial charge in [0.15, 0.2) is 0 Å². The van der Waals surface area contributed by atoms with Crippen LogP contribution in [0.15, 0.2) is 36.4 Å². The summed E-state index contributed by atoms with van der Waals surface area (Å²) >= 11 is 6.03. The lowest BCUT2D eigenvalue weighted by Gasteiger charge is -2.20. The fraction of sp³-hybridized carbons (Fsp3) is 0.263. The molecule has 0 bridgehead atoms. The number of rotatable bonds is 4. The molecule has 7 heteroatoms. The first kappa shape index (κ1) is 18.2. The molecule has 136 valence electrons. The molecule has 0 aliphatic carbocycles. The van der Waals surface area contributed by atoms with Gasteiger partial charge in [0.2, 0.25) is 11.8 Å². The van der Waals surface area contributed by atoms with Crippen LogP contribution in [0.5, 0.6) is 5.75 Å². The summed E-state index contributed by atoms with van der Waals surface area (Å²) in [6, 6.07) is 9.16. The van der Waals surface area contributed by atoms with Gasteiger partial charge in [0.1, 0.15) is 11.6 Å². The van der Waals surface area contributed by atoms with Crippen LogP contribution < -0.4 is 15.0 Å². The van der Waals surface area contributed by atoms with E-state index in [9.17, 15) is 14.0 Å². The first-order valence-corrected chi connectivity index (χ1v) is 8.47. The van der Waals surface area contributed by atoms with E-state index in [4.69, 9.17) is 16.3 Å². The monoisotopic (exact) mass is 376 g/mol. The maximum atomic E-state index is 13.4. The van der Waals surface area contributed by atoms with Crippen molar-refractivity contribution >= 4 is 34.8 Å². The van der Waals surface area contributed by atoms with E-state index in [2.05, 4.69) is 5.32 Å². The summed E-state index contributed by atoms with van der Waals surface area (Å²) in [5.74, 6) is -0.991. The normalized spacial score (nSPS) is 16.7. The van der Waals surface area contributed by atoms with E-state index in [1.54, 1.807) is 31.2 Å². The number of carbonyl (C=O) groups is 2. The minimum Gasteiger partial charge on any atom is -0.495 e. The minimum absolute atomic E-state index is 0.0653. The van der Waals surface area contributed by atoms with Crippen LogP contribution in [0.3, 0.4) is 0 Å². The van der Waals surface area contributed by atoms with Gasteiger partial charge in [-0.05, 0) is 42.8 Å². The van der Waals surface area contributed by atoms with Gasteiger partial charge in [-0.25, -0.2) is 4.39 Å². The van der Waals surface area contributed by atoms with Crippen molar-refractivity contribution in [3.8, 4) is 5.75 Å². The quantitative estimate of drug-likeness (QED) is 0.883. The molecule has 1 N–H and O–H groups in total. The van der Waals surface area contributed by atoms with E-state index in [1.807, 2.05) is 0 Å². The lowest BCUT2D eigenvalue weighted by molar-refractivity contribution is -0.122. The maximum absolute atomic E-state index is 13.4. The highest BCUT2D eigenvalue weighted by Crippen LogP contribution is 2.35. The Morgan fingerprint density at radius 3 is 2.81 bits per heavy atom. The standard InChI is InChI=1S/C19H18ClFN2O3/c1-11-3-5-14(21)9-15(11)22-19(25)12-7-18(24)23(10-12)16-8-13(20)4-6-17(16)26-2/h3-6,8-9,12H,7,10H2,1-2H3,(H,22,25)/t12-/m0/s1. The molecule has 0 aromatic heterocycles. The molecule has 0 unspecified atom stereocenters. The maximum Gasteiger partial charge on any atom is 0.229 e. The van der Waals surface area contributed by atoms with Crippen molar-refractivity contribution in [1.29, 1.82) is 0 Å². The number of hydrogen-bond acceptors (Lipinski definition) is 3. The highest BCUT2D eigenvalue weighted by molar-refractivity contribution is 6.31. The van der Waals surface area contributed by atoms with Crippen LogP contribution in [0.2, 0.25) is 5.02 Å². The Kier molecular flexibility index (Phi) is 5.13. The number of halogens is 2. The molecule has 1 saturated heterocycles. The van der Waals surface area contributed by atoms with Crippen LogP contribution in [0, 0.1) is 18.7 Å². The van der Waals surface area contributed by atoms with Crippen molar-refractivity contribution in [2.24, 2.45) is 5.92 Å². The second-order valence-corrected chi connectivity index (χ2v) is 6.61. The number of hydrogen-bond donors (Lipinski definition) is 1. The summed E-state index contributed by atoms with van der Waals surface area (Å²) in [6.45, 7) is 1.98. The summed E-state index contributed by atoms with van der Waals surface area (Å²) in [5, 5.41) is 3.18. The Morgan fingerprint density at radius 1 is 1.31 bits per heavy atom. The summed E-state index contributed by atoms with van der Waals surface area (Å²) in [7, 11) is 1.50. The Hall–Kier alpha value is -2.60. The molecule has 0 spiro atoms. The molecule has 1 atom stereocenters. The summed E-state index contributed by atoms with van der Waals surface area (Å²) < 4.78 is 18.7. The van der Waals surface area contributed by atoms with Gasteiger partial charge in [0.25, 0.3) is 0 Å². The topological polar surface area (TPSA) is 58.6 Å². The van der Waals surface area contributed by atoms with Gasteiger partial charge in [0.05, 0.1) is 18.7 Å². The Labute approximate surface area is 155 Å². The van der Waals surface area contributed by atoms with Gasteiger partial charge in [-0.3, -0.25) is 9.59 Å². The molecule has 0 saturated carbocycles. The molecule has 26 heavy (non-hydrogen) atoms. The molecular weight excluding hydrogens is 359 g/mol. The Morgan fingerprint density at radius 2 is 2.08 bits per heavy atom. The minimum atomic E-state index is -0.547. The second-order valence-electron chi connectivity index (χ2n) is 6.17. The van der Waals surface area contributed by atoms with E-state index in [0.29, 0.717) is 22.1 Å². The third-order valence-electron chi connectivity index (χ3n) is 4.39. The zero-order valence-corrected chi connectivity index (χ0v) is 15.1. The molecule has 0 radical (unpaired) electrons. The van der Waals surface area contributed by atoms with Crippen LogP contribution >= 0.6 is 11.6 Å². The predicted octanol–water partition coefficient (Wildman–Crippen LogP) is 3.79. The molecule has 2 aromatic rings. The number of carbonyl (C=O) groups excluding carboxylic acids is 2. The smallest absolute Gasteiger partial charge is 0.229 e. The summed E-state index contributed by atoms with van der Waals surface area (Å²) in [6.07, 6.45) is 0.0653. The fourth-order valence-corrected chi connectivity index (χ4v) is 3.12. The molecule has 2 amide bonds. The van der Waals surface area contributed by atoms with Crippen LogP contribution in [0.1, 0.15) is 12.0 Å². The lowest BCUT2D eigenvalue weighted by Crippen LogP contribution is -2.28. The van der Waals surface area contributed by atoms with Crippen LogP contribution in [0.4, 0.5) is 15.8 Å². The zero-order chi connectivity index (χ0) is 18.8. The van der Waals surface area contributed by atoms with Gasteiger partial charge in [-0.1, -0.05) is 17.7 Å². The van der Waals surface area contributed by atoms with Crippen molar-refractivity contribution in [2.75, 3.05) is 23.9 Å². The van der Waals surface area contributed by atoms with Gasteiger partial charge in [-0.15, -0.1) is 0 Å². The van der Waals surface area contributed by atoms with Crippen molar-refractivity contribution in [3.05, 3.63) is 52.8 Å². The molecular formula is C19H18ClFN2O3. The molecule has 1 fully saturated rings. The number of ether oxygens (including phenoxy) is 1. The van der Waals surface area contributed by atoms with Crippen molar-refractivity contribution in [3.63, 3.8) is 0 Å². The number of methoxy groups -OCH3 is 1. The summed E-state index contributed by atoms with van der Waals surface area (Å²) in [4.78, 5) is 26.5. The van der Waals surface area contributed by atoms with Crippen LogP contribution in [-0.2, 0) is 9.59 Å². The molecule has 1 aliphatic rings. The van der Waals surface area contributed by atoms with Gasteiger partial charge >= 0.3 is 0 Å². The predicted molar refractivity (Wildman–Crippen MR) is 98.2 cm³/mol. The number of nitrogens with one attached hydrogen (secondary N) is 1. The Balaban J connectivity index is 1.78. The number of amides is 2. The first-order valence-electron chi connectivity index (χ1n) is 8.10. The molecule has 1 aliphatic heterocycles. The molecule has 5 nitrogen and oxygen atoms in total. The van der Waals surface area contributed by atoms with E-state index in [-0.39, 0.29) is 24.8 Å². The lowest BCUT2D eigenvalue weighted by atomic mass is 10.1. The third kappa shape index (κ3) is 3.65. The number of aryl methyl sites for hydroxylation is 1. The van der Waals surface area contributed by atoms with Crippen molar-refractivity contribution < 1.29 is 18.7 Å². The van der Waals surface area contributed by atoms with Gasteiger partial charge in [0, 0.05) is 23.7 Å². The average molecular weight is 377 g/mol. The van der Waals surface area contributed by atoms with Gasteiger partial charge in [-0.2, -0.15) is 0 Å². The fourth-order valence-electron chi connectivity index (χ4n) is 2.95. The SMILES string of the molecule is COc1ccc(Cl)cc1N1C[C@@H](C(=O)Nc2cc(F)ccc2C)CC1=O. The zero-order valence-electron chi connectivity index (χ0n) is 14.4.